The number of hydrogen-bond acceptors (Lipinski definition) is 8. The maximum atomic E-state index is 11.7. The second-order valence-corrected chi connectivity index (χ2v) is 6.39. The number of hydrogen-bond donors (Lipinski definition) is 4. The maximum Gasteiger partial charge on any atom is 0.315 e. The third-order valence-corrected chi connectivity index (χ3v) is 3.93. The molecule has 12 nitrogen and oxygen atoms in total. The second-order valence-electron chi connectivity index (χ2n) is 4.87. The first-order valence-electron chi connectivity index (χ1n) is 7.81. The zero-order valence-electron chi connectivity index (χ0n) is 15.0. The van der Waals surface area contributed by atoms with Crippen molar-refractivity contribution < 1.29 is 37.6 Å². The summed E-state index contributed by atoms with van der Waals surface area (Å²) < 4.78 is 24.6. The fourth-order valence-corrected chi connectivity index (χ4v) is 2.02. The van der Waals surface area contributed by atoms with Gasteiger partial charge in [-0.25, -0.2) is 4.79 Å². The summed E-state index contributed by atoms with van der Waals surface area (Å²) in [6.45, 7) is 0.393. The van der Waals surface area contributed by atoms with E-state index >= 15 is 0 Å². The van der Waals surface area contributed by atoms with Crippen LogP contribution in [-0.4, -0.2) is 71.5 Å². The van der Waals surface area contributed by atoms with Gasteiger partial charge >= 0.3 is 6.03 Å². The summed E-state index contributed by atoms with van der Waals surface area (Å²) >= 11 is 0. The normalized spacial score (nSPS) is 14.0. The van der Waals surface area contributed by atoms with Gasteiger partial charge in [0.05, 0.1) is 19.6 Å². The molecule has 2 atom stereocenters. The lowest BCUT2D eigenvalue weighted by molar-refractivity contribution is -0.223. The molecule has 0 aromatic heterocycles. The molecule has 0 aromatic carbocycles. The number of rotatable bonds is 13. The van der Waals surface area contributed by atoms with E-state index in [-0.39, 0.29) is 38.7 Å². The Hall–Kier alpha value is -1.72. The minimum absolute atomic E-state index is 0.0483. The van der Waals surface area contributed by atoms with Crippen LogP contribution in [-0.2, 0) is 27.9 Å². The summed E-state index contributed by atoms with van der Waals surface area (Å²) in [5, 5.41) is 9.66. The fourth-order valence-electron chi connectivity index (χ4n) is 1.62. The van der Waals surface area contributed by atoms with E-state index in [1.165, 1.54) is 14.1 Å². The van der Waals surface area contributed by atoms with Gasteiger partial charge in [-0.2, -0.15) is 0 Å². The summed E-state index contributed by atoms with van der Waals surface area (Å²) in [6.07, 6.45) is 0.268. The van der Waals surface area contributed by atoms with Gasteiger partial charge in [-0.05, 0) is 6.42 Å². The molecule has 4 amide bonds. The molecule has 0 rings (SSSR count). The predicted molar refractivity (Wildman–Crippen MR) is 89.1 cm³/mol. The van der Waals surface area contributed by atoms with Crippen molar-refractivity contribution >= 4 is 25.7 Å². The van der Waals surface area contributed by atoms with E-state index in [4.69, 9.17) is 4.74 Å². The SMILES string of the molecule is CNC(=O)CC(NC(=O)NCCCOCCOP(=O)([O-])OC)C(=O)NC. The number of phosphoric ester groups is 1. The molecule has 4 N–H and O–H groups in total. The van der Waals surface area contributed by atoms with Gasteiger partial charge < -0.3 is 39.9 Å². The van der Waals surface area contributed by atoms with Crippen molar-refractivity contribution in [2.45, 2.75) is 18.9 Å². The first kappa shape index (κ1) is 24.3. The first-order valence-corrected chi connectivity index (χ1v) is 9.27. The molecule has 0 aliphatic rings. The molecule has 0 heterocycles. The Morgan fingerprint density at radius 3 is 2.38 bits per heavy atom. The topological polar surface area (TPSA) is 167 Å². The quantitative estimate of drug-likeness (QED) is 0.206. The molecule has 0 spiro atoms. The van der Waals surface area contributed by atoms with Crippen LogP contribution in [0.15, 0.2) is 0 Å². The number of carbonyl (C=O) groups excluding carboxylic acids is 3. The highest BCUT2D eigenvalue weighted by Gasteiger charge is 2.22. The Morgan fingerprint density at radius 1 is 1.12 bits per heavy atom. The highest BCUT2D eigenvalue weighted by Crippen LogP contribution is 2.36. The number of urea groups is 1. The molecule has 0 saturated heterocycles. The summed E-state index contributed by atoms with van der Waals surface area (Å²) in [6, 6.07) is -1.59. The number of amides is 4. The van der Waals surface area contributed by atoms with Crippen LogP contribution in [0.25, 0.3) is 0 Å². The summed E-state index contributed by atoms with van der Waals surface area (Å²) in [4.78, 5) is 45.6. The number of ether oxygens (including phenoxy) is 1. The summed E-state index contributed by atoms with van der Waals surface area (Å²) in [5.41, 5.74) is 0. The molecule has 0 bridgehead atoms. The van der Waals surface area contributed by atoms with E-state index in [9.17, 15) is 23.8 Å². The maximum absolute atomic E-state index is 11.7. The molecule has 0 aromatic rings. The Balaban J connectivity index is 3.91. The lowest BCUT2D eigenvalue weighted by atomic mass is 10.2. The Morgan fingerprint density at radius 2 is 1.81 bits per heavy atom. The molecule has 26 heavy (non-hydrogen) atoms. The summed E-state index contributed by atoms with van der Waals surface area (Å²) in [5.74, 6) is -0.871. The van der Waals surface area contributed by atoms with Crippen molar-refractivity contribution in [2.75, 3.05) is 47.6 Å². The van der Waals surface area contributed by atoms with Crippen molar-refractivity contribution in [3.8, 4) is 0 Å². The van der Waals surface area contributed by atoms with Crippen LogP contribution >= 0.6 is 7.82 Å². The van der Waals surface area contributed by atoms with Crippen LogP contribution in [0.5, 0.6) is 0 Å². The molecule has 2 unspecified atom stereocenters. The van der Waals surface area contributed by atoms with E-state index in [2.05, 4.69) is 30.3 Å². The van der Waals surface area contributed by atoms with Crippen LogP contribution in [0.2, 0.25) is 0 Å². The monoisotopic (exact) mass is 397 g/mol. The molecule has 152 valence electrons. The summed E-state index contributed by atoms with van der Waals surface area (Å²) in [7, 11) is -0.416. The van der Waals surface area contributed by atoms with E-state index in [1.807, 2.05) is 0 Å². The molecule has 0 aliphatic heterocycles. The number of likely N-dealkylation sites (N-methyl/N-ethyl adjacent to an activating group) is 1. The Kier molecular flexibility index (Phi) is 12.6. The molecule has 0 radical (unpaired) electrons. The van der Waals surface area contributed by atoms with Crippen LogP contribution in [0, 0.1) is 0 Å². The van der Waals surface area contributed by atoms with Crippen LogP contribution < -0.4 is 26.2 Å². The largest absolute Gasteiger partial charge is 0.756 e. The van der Waals surface area contributed by atoms with E-state index < -0.39 is 25.8 Å². The third-order valence-electron chi connectivity index (χ3n) is 2.99. The van der Waals surface area contributed by atoms with Crippen molar-refractivity contribution in [2.24, 2.45) is 0 Å². The van der Waals surface area contributed by atoms with Gasteiger partial charge in [0, 0.05) is 34.4 Å². The van der Waals surface area contributed by atoms with E-state index in [1.54, 1.807) is 0 Å². The van der Waals surface area contributed by atoms with Crippen LogP contribution in [0.4, 0.5) is 4.79 Å². The molecule has 0 saturated carbocycles. The minimum Gasteiger partial charge on any atom is -0.756 e. The van der Waals surface area contributed by atoms with Crippen LogP contribution in [0.3, 0.4) is 0 Å². The van der Waals surface area contributed by atoms with Crippen molar-refractivity contribution in [1.29, 1.82) is 0 Å². The second kappa shape index (κ2) is 13.5. The van der Waals surface area contributed by atoms with Gasteiger partial charge in [-0.15, -0.1) is 0 Å². The zero-order chi connectivity index (χ0) is 20.0. The van der Waals surface area contributed by atoms with Gasteiger partial charge in [0.1, 0.15) is 6.04 Å². The molecular weight excluding hydrogens is 371 g/mol. The average Bonchev–Trinajstić information content (AvgIpc) is 2.62. The predicted octanol–water partition coefficient (Wildman–Crippen LogP) is -1.93. The third kappa shape index (κ3) is 11.8. The number of nitrogens with one attached hydrogen (secondary N) is 4. The average molecular weight is 397 g/mol. The van der Waals surface area contributed by atoms with Crippen LogP contribution in [0.1, 0.15) is 12.8 Å². The standard InChI is InChI=1S/C13H27N4O8P/c1-14-11(18)9-10(12(19)15-2)17-13(20)16-5-4-6-24-7-8-25-26(21,22)23-3/h10H,4-9H2,1-3H3,(H,14,18)(H,15,19)(H,21,22)(H2,16,17,20)/p-1. The Labute approximate surface area is 151 Å². The zero-order valence-corrected chi connectivity index (χ0v) is 15.9. The molecule has 13 heteroatoms. The van der Waals surface area contributed by atoms with Crippen molar-refractivity contribution in [3.05, 3.63) is 0 Å². The van der Waals surface area contributed by atoms with Gasteiger partial charge in [0.2, 0.25) is 11.8 Å². The lowest BCUT2D eigenvalue weighted by Gasteiger charge is -2.19. The van der Waals surface area contributed by atoms with Crippen molar-refractivity contribution in [3.63, 3.8) is 0 Å². The highest BCUT2D eigenvalue weighted by molar-refractivity contribution is 7.45. The Bertz CT molecular complexity index is 505. The van der Waals surface area contributed by atoms with Gasteiger partial charge in [-0.3, -0.25) is 14.2 Å². The van der Waals surface area contributed by atoms with Gasteiger partial charge in [0.15, 0.2) is 0 Å². The molecule has 0 fully saturated rings. The first-order chi connectivity index (χ1) is 12.3. The number of carbonyl (C=O) groups is 3. The highest BCUT2D eigenvalue weighted by atomic mass is 31.2. The fraction of sp³-hybridized carbons (Fsp3) is 0.769. The molecule has 0 aliphatic carbocycles. The minimum atomic E-state index is -4.24. The lowest BCUT2D eigenvalue weighted by Crippen LogP contribution is -2.51. The number of phosphoric acid groups is 1. The van der Waals surface area contributed by atoms with Gasteiger partial charge in [-0.1, -0.05) is 0 Å². The van der Waals surface area contributed by atoms with E-state index in [0.29, 0.717) is 6.42 Å². The van der Waals surface area contributed by atoms with Crippen molar-refractivity contribution in [1.82, 2.24) is 21.3 Å². The smallest absolute Gasteiger partial charge is 0.315 e. The molecular formula is C13H26N4O8P-. The van der Waals surface area contributed by atoms with E-state index in [0.717, 1.165) is 7.11 Å². The van der Waals surface area contributed by atoms with Gasteiger partial charge in [0.25, 0.3) is 7.82 Å².